The van der Waals surface area contributed by atoms with Crippen LogP contribution in [0.25, 0.3) is 11.3 Å². The molecule has 1 heterocycles. The van der Waals surface area contributed by atoms with Gasteiger partial charge >= 0.3 is 0 Å². The number of hydrogen-bond donors (Lipinski definition) is 1. The van der Waals surface area contributed by atoms with E-state index < -0.39 is 0 Å². The minimum absolute atomic E-state index is 0.0272. The Balaban J connectivity index is 2.23. The van der Waals surface area contributed by atoms with Crippen molar-refractivity contribution in [2.75, 3.05) is 6.54 Å². The molecule has 104 valence electrons. The summed E-state index contributed by atoms with van der Waals surface area (Å²) in [5, 5.41) is 3.26. The van der Waals surface area contributed by atoms with Gasteiger partial charge in [0.1, 0.15) is 6.54 Å². The topological polar surface area (TPSA) is 64.0 Å². The summed E-state index contributed by atoms with van der Waals surface area (Å²) in [5.41, 5.74) is 1.09. The second-order valence-corrected chi connectivity index (χ2v) is 4.64. The second-order valence-electron chi connectivity index (χ2n) is 4.20. The number of carbonyl (C=O) groups excluding carboxylic acids is 1. The van der Waals surface area contributed by atoms with Crippen molar-refractivity contribution in [3.05, 3.63) is 52.0 Å². The van der Waals surface area contributed by atoms with Gasteiger partial charge in [-0.25, -0.2) is 4.98 Å². The van der Waals surface area contributed by atoms with Crippen molar-refractivity contribution in [3.63, 3.8) is 0 Å². The van der Waals surface area contributed by atoms with Crippen molar-refractivity contribution >= 4 is 17.5 Å². The second kappa shape index (κ2) is 6.34. The molecule has 2 rings (SSSR count). The Labute approximate surface area is 121 Å². The molecule has 20 heavy (non-hydrogen) atoms. The largest absolute Gasteiger partial charge is 0.355 e. The summed E-state index contributed by atoms with van der Waals surface area (Å²) in [6.07, 6.45) is 1.38. The van der Waals surface area contributed by atoms with Crippen LogP contribution in [-0.4, -0.2) is 22.0 Å². The molecule has 6 heteroatoms. The SMILES string of the molecule is CCNC(=O)Cn1cnc(-c2ccc(Cl)cc2)cc1=O. The molecule has 0 bridgehead atoms. The fraction of sp³-hybridized carbons (Fsp3) is 0.214. The normalized spacial score (nSPS) is 10.3. The van der Waals surface area contributed by atoms with Gasteiger partial charge in [0, 0.05) is 23.2 Å². The Bertz CT molecular complexity index is 665. The number of halogens is 1. The zero-order chi connectivity index (χ0) is 14.5. The van der Waals surface area contributed by atoms with Crippen LogP contribution in [-0.2, 0) is 11.3 Å². The smallest absolute Gasteiger partial charge is 0.254 e. The highest BCUT2D eigenvalue weighted by molar-refractivity contribution is 6.30. The van der Waals surface area contributed by atoms with E-state index in [9.17, 15) is 9.59 Å². The summed E-state index contributed by atoms with van der Waals surface area (Å²) in [6.45, 7) is 2.33. The molecule has 0 saturated carbocycles. The number of carbonyl (C=O) groups is 1. The van der Waals surface area contributed by atoms with E-state index in [0.29, 0.717) is 17.3 Å². The summed E-state index contributed by atoms with van der Waals surface area (Å²) in [6, 6.07) is 8.45. The van der Waals surface area contributed by atoms with E-state index in [4.69, 9.17) is 11.6 Å². The van der Waals surface area contributed by atoms with Crippen LogP contribution < -0.4 is 10.9 Å². The van der Waals surface area contributed by atoms with Crippen LogP contribution in [0.15, 0.2) is 41.5 Å². The standard InChI is InChI=1S/C14H14ClN3O2/c1-2-16-13(19)8-18-9-17-12(7-14(18)20)10-3-5-11(15)6-4-10/h3-7,9H,2,8H2,1H3,(H,16,19). The maximum absolute atomic E-state index is 11.9. The van der Waals surface area contributed by atoms with Crippen LogP contribution in [0.5, 0.6) is 0 Å². The first-order valence-electron chi connectivity index (χ1n) is 6.19. The lowest BCUT2D eigenvalue weighted by Gasteiger charge is -2.06. The minimum atomic E-state index is -0.267. The summed E-state index contributed by atoms with van der Waals surface area (Å²) in [4.78, 5) is 27.6. The number of nitrogens with one attached hydrogen (secondary N) is 1. The number of likely N-dealkylation sites (N-methyl/N-ethyl adjacent to an activating group) is 1. The maximum Gasteiger partial charge on any atom is 0.254 e. The lowest BCUT2D eigenvalue weighted by molar-refractivity contribution is -0.121. The number of amides is 1. The molecular weight excluding hydrogens is 278 g/mol. The van der Waals surface area contributed by atoms with Crippen LogP contribution in [0, 0.1) is 0 Å². The molecule has 0 unspecified atom stereocenters. The highest BCUT2D eigenvalue weighted by Gasteiger charge is 2.06. The molecule has 0 fully saturated rings. The Morgan fingerprint density at radius 3 is 2.65 bits per heavy atom. The van der Waals surface area contributed by atoms with Crippen LogP contribution in [0.1, 0.15) is 6.92 Å². The highest BCUT2D eigenvalue weighted by atomic mass is 35.5. The van der Waals surface area contributed by atoms with E-state index in [1.165, 1.54) is 17.0 Å². The summed E-state index contributed by atoms with van der Waals surface area (Å²) >= 11 is 5.81. The van der Waals surface area contributed by atoms with E-state index in [0.717, 1.165) is 5.56 Å². The van der Waals surface area contributed by atoms with Gasteiger partial charge in [-0.2, -0.15) is 0 Å². The molecule has 1 N–H and O–H groups in total. The van der Waals surface area contributed by atoms with Crippen molar-refractivity contribution in [3.8, 4) is 11.3 Å². The van der Waals surface area contributed by atoms with E-state index in [1.54, 1.807) is 24.3 Å². The third kappa shape index (κ3) is 3.45. The number of aromatic nitrogens is 2. The zero-order valence-electron chi connectivity index (χ0n) is 11.0. The first kappa shape index (κ1) is 14.3. The molecule has 0 saturated heterocycles. The Morgan fingerprint density at radius 1 is 1.35 bits per heavy atom. The predicted molar refractivity (Wildman–Crippen MR) is 77.6 cm³/mol. The van der Waals surface area contributed by atoms with Gasteiger partial charge in [0.25, 0.3) is 5.56 Å². The number of hydrogen-bond acceptors (Lipinski definition) is 3. The van der Waals surface area contributed by atoms with Crippen molar-refractivity contribution in [1.82, 2.24) is 14.9 Å². The lowest BCUT2D eigenvalue weighted by Crippen LogP contribution is -2.32. The van der Waals surface area contributed by atoms with E-state index in [2.05, 4.69) is 10.3 Å². The van der Waals surface area contributed by atoms with Gasteiger partial charge in [-0.15, -0.1) is 0 Å². The average Bonchev–Trinajstić information content (AvgIpc) is 2.42. The van der Waals surface area contributed by atoms with Crippen molar-refractivity contribution in [2.45, 2.75) is 13.5 Å². The molecule has 2 aromatic rings. The van der Waals surface area contributed by atoms with Gasteiger partial charge in [0.05, 0.1) is 12.0 Å². The first-order chi connectivity index (χ1) is 9.60. The van der Waals surface area contributed by atoms with E-state index in [-0.39, 0.29) is 18.0 Å². The molecule has 0 atom stereocenters. The summed E-state index contributed by atoms with van der Waals surface area (Å²) < 4.78 is 1.27. The fourth-order valence-corrected chi connectivity index (χ4v) is 1.86. The predicted octanol–water partition coefficient (Wildman–Crippen LogP) is 1.70. The molecule has 5 nitrogen and oxygen atoms in total. The highest BCUT2D eigenvalue weighted by Crippen LogP contribution is 2.17. The third-order valence-electron chi connectivity index (χ3n) is 2.71. The van der Waals surface area contributed by atoms with Gasteiger partial charge in [-0.3, -0.25) is 14.2 Å². The number of benzene rings is 1. The third-order valence-corrected chi connectivity index (χ3v) is 2.96. The van der Waals surface area contributed by atoms with E-state index >= 15 is 0 Å². The van der Waals surface area contributed by atoms with E-state index in [1.807, 2.05) is 6.92 Å². The summed E-state index contributed by atoms with van der Waals surface area (Å²) in [5.74, 6) is -0.212. The lowest BCUT2D eigenvalue weighted by atomic mass is 10.1. The number of rotatable bonds is 4. The van der Waals surface area contributed by atoms with Crippen molar-refractivity contribution < 1.29 is 4.79 Å². The maximum atomic E-state index is 11.9. The Hall–Kier alpha value is -2.14. The Morgan fingerprint density at radius 2 is 2.05 bits per heavy atom. The van der Waals surface area contributed by atoms with Crippen LogP contribution in [0.3, 0.4) is 0 Å². The Kier molecular flexibility index (Phi) is 4.53. The zero-order valence-corrected chi connectivity index (χ0v) is 11.7. The molecular formula is C14H14ClN3O2. The first-order valence-corrected chi connectivity index (χ1v) is 6.57. The molecule has 0 aliphatic rings. The molecule has 0 radical (unpaired) electrons. The van der Waals surface area contributed by atoms with Gasteiger partial charge in [0.2, 0.25) is 5.91 Å². The molecule has 0 aliphatic carbocycles. The van der Waals surface area contributed by atoms with Crippen LogP contribution in [0.2, 0.25) is 5.02 Å². The molecule has 1 aromatic carbocycles. The van der Waals surface area contributed by atoms with Gasteiger partial charge in [0.15, 0.2) is 0 Å². The molecule has 1 aromatic heterocycles. The number of nitrogens with zero attached hydrogens (tertiary/aromatic N) is 2. The van der Waals surface area contributed by atoms with Crippen molar-refractivity contribution in [2.24, 2.45) is 0 Å². The minimum Gasteiger partial charge on any atom is -0.355 e. The molecule has 0 spiro atoms. The fourth-order valence-electron chi connectivity index (χ4n) is 1.73. The monoisotopic (exact) mass is 291 g/mol. The van der Waals surface area contributed by atoms with Gasteiger partial charge < -0.3 is 5.32 Å². The quantitative estimate of drug-likeness (QED) is 0.932. The van der Waals surface area contributed by atoms with Crippen LogP contribution >= 0.6 is 11.6 Å². The van der Waals surface area contributed by atoms with Gasteiger partial charge in [-0.05, 0) is 19.1 Å². The van der Waals surface area contributed by atoms with Crippen molar-refractivity contribution in [1.29, 1.82) is 0 Å². The molecule has 0 aliphatic heterocycles. The van der Waals surface area contributed by atoms with Crippen LogP contribution in [0.4, 0.5) is 0 Å². The molecule has 1 amide bonds. The van der Waals surface area contributed by atoms with Gasteiger partial charge in [-0.1, -0.05) is 23.7 Å². The summed E-state index contributed by atoms with van der Waals surface area (Å²) in [7, 11) is 0. The average molecular weight is 292 g/mol.